The maximum atomic E-state index is 12.3. The van der Waals surface area contributed by atoms with Crippen LogP contribution in [0.5, 0.6) is 0 Å². The van der Waals surface area contributed by atoms with Crippen LogP contribution < -0.4 is 0 Å². The summed E-state index contributed by atoms with van der Waals surface area (Å²) in [4.78, 5) is 21.2. The number of hydrogen-bond acceptors (Lipinski definition) is 5. The van der Waals surface area contributed by atoms with Gasteiger partial charge in [0.25, 0.3) is 0 Å². The van der Waals surface area contributed by atoms with Crippen LogP contribution in [0.4, 0.5) is 8.78 Å². The number of cyclic esters (lactones) is 1. The Labute approximate surface area is 77.6 Å². The number of aliphatic hydroxyl groups excluding tert-OH is 1. The van der Waals surface area contributed by atoms with E-state index in [1.54, 1.807) is 0 Å². The van der Waals surface area contributed by atoms with Crippen LogP contribution in [-0.4, -0.2) is 41.8 Å². The maximum absolute atomic E-state index is 12.3. The summed E-state index contributed by atoms with van der Waals surface area (Å²) in [6, 6.07) is 0. The topological polar surface area (TPSA) is 72.8 Å². The van der Waals surface area contributed by atoms with Gasteiger partial charge in [0.05, 0.1) is 0 Å². The van der Waals surface area contributed by atoms with Crippen molar-refractivity contribution in [3.63, 3.8) is 0 Å². The normalized spacial score (nSPS) is 27.3. The number of esters is 2. The zero-order valence-electron chi connectivity index (χ0n) is 7.20. The summed E-state index contributed by atoms with van der Waals surface area (Å²) in [5.41, 5.74) is 0. The minimum absolute atomic E-state index is 0.360. The average molecular weight is 210 g/mol. The van der Waals surface area contributed by atoms with Crippen LogP contribution in [0.15, 0.2) is 0 Å². The summed E-state index contributed by atoms with van der Waals surface area (Å²) in [5, 5.41) is 8.98. The number of aliphatic hydroxyl groups is 1. The quantitative estimate of drug-likeness (QED) is 0.620. The zero-order chi connectivity index (χ0) is 10.9. The average Bonchev–Trinajstić information content (AvgIpc) is 2.34. The summed E-state index contributed by atoms with van der Waals surface area (Å²) < 4.78 is 33.1. The summed E-state index contributed by atoms with van der Waals surface area (Å²) in [6.45, 7) is -0.0405. The Morgan fingerprint density at radius 2 is 2.29 bits per heavy atom. The first-order valence-corrected chi connectivity index (χ1v) is 3.76. The van der Waals surface area contributed by atoms with E-state index in [0.29, 0.717) is 6.92 Å². The molecule has 0 amide bonds. The van der Waals surface area contributed by atoms with Gasteiger partial charge in [-0.15, -0.1) is 0 Å². The minimum atomic E-state index is -3.65. The lowest BCUT2D eigenvalue weighted by molar-refractivity contribution is -0.178. The van der Waals surface area contributed by atoms with Gasteiger partial charge < -0.3 is 14.6 Å². The van der Waals surface area contributed by atoms with Crippen molar-refractivity contribution in [2.45, 2.75) is 25.1 Å². The Hall–Kier alpha value is -1.24. The molecule has 80 valence electrons. The van der Waals surface area contributed by atoms with Crippen molar-refractivity contribution in [3.05, 3.63) is 0 Å². The number of halogens is 2. The van der Waals surface area contributed by atoms with Crippen LogP contribution in [0.1, 0.15) is 6.92 Å². The van der Waals surface area contributed by atoms with E-state index in [-0.39, 0.29) is 0 Å². The van der Waals surface area contributed by atoms with Crippen LogP contribution in [0, 0.1) is 0 Å². The van der Waals surface area contributed by atoms with Gasteiger partial charge in [-0.05, 0) is 0 Å². The van der Waals surface area contributed by atoms with Gasteiger partial charge >= 0.3 is 17.9 Å². The predicted octanol–water partition coefficient (Wildman–Crippen LogP) is -0.529. The van der Waals surface area contributed by atoms with Gasteiger partial charge in [0.15, 0.2) is 12.2 Å². The number of carbonyl (C=O) groups is 2. The van der Waals surface area contributed by atoms with Gasteiger partial charge in [-0.1, -0.05) is 0 Å². The molecule has 1 fully saturated rings. The smallest absolute Gasteiger partial charge is 0.377 e. The monoisotopic (exact) mass is 210 g/mol. The van der Waals surface area contributed by atoms with Crippen molar-refractivity contribution in [1.29, 1.82) is 0 Å². The van der Waals surface area contributed by atoms with Crippen LogP contribution in [0.25, 0.3) is 0 Å². The lowest BCUT2D eigenvalue weighted by Crippen LogP contribution is -2.37. The van der Waals surface area contributed by atoms with Crippen molar-refractivity contribution < 1.29 is 33.0 Å². The van der Waals surface area contributed by atoms with Gasteiger partial charge in [0.1, 0.15) is 6.61 Å². The van der Waals surface area contributed by atoms with Gasteiger partial charge in [-0.3, -0.25) is 0 Å². The predicted molar refractivity (Wildman–Crippen MR) is 37.5 cm³/mol. The number of carbonyl (C=O) groups excluding carboxylic acids is 2. The molecular formula is C7H8F2O5. The highest BCUT2D eigenvalue weighted by Crippen LogP contribution is 2.18. The molecule has 0 aromatic heterocycles. The third-order valence-electron chi connectivity index (χ3n) is 1.60. The molecule has 0 bridgehead atoms. The Kier molecular flexibility index (Phi) is 2.70. The first-order chi connectivity index (χ1) is 6.32. The summed E-state index contributed by atoms with van der Waals surface area (Å²) in [6.07, 6.45) is -3.03. The molecule has 1 N–H and O–H groups in total. The molecular weight excluding hydrogens is 202 g/mol. The standard InChI is InChI=1S/C7H8F2O5/c1-7(8,9)6(12)14-3-2-13-5(11)4(3)10/h3-4,10H,2H2,1H3. The molecule has 7 heteroatoms. The summed E-state index contributed by atoms with van der Waals surface area (Å²) >= 11 is 0. The fourth-order valence-corrected chi connectivity index (χ4v) is 0.832. The number of rotatable bonds is 2. The van der Waals surface area contributed by atoms with Crippen LogP contribution in [-0.2, 0) is 19.1 Å². The van der Waals surface area contributed by atoms with Crippen LogP contribution in [0.2, 0.25) is 0 Å². The Morgan fingerprint density at radius 3 is 2.64 bits per heavy atom. The molecule has 0 aromatic rings. The fraction of sp³-hybridized carbons (Fsp3) is 0.714. The summed E-state index contributed by atoms with van der Waals surface area (Å²) in [7, 11) is 0. The van der Waals surface area contributed by atoms with Gasteiger partial charge in [-0.25, -0.2) is 9.59 Å². The largest absolute Gasteiger partial charge is 0.460 e. The van der Waals surface area contributed by atoms with Crippen molar-refractivity contribution in [1.82, 2.24) is 0 Å². The lowest BCUT2D eigenvalue weighted by atomic mass is 10.2. The minimum Gasteiger partial charge on any atom is -0.460 e. The maximum Gasteiger partial charge on any atom is 0.377 e. The lowest BCUT2D eigenvalue weighted by Gasteiger charge is -2.15. The van der Waals surface area contributed by atoms with E-state index in [9.17, 15) is 18.4 Å². The van der Waals surface area contributed by atoms with E-state index in [1.807, 2.05) is 0 Å². The molecule has 1 aliphatic heterocycles. The third-order valence-corrected chi connectivity index (χ3v) is 1.60. The molecule has 2 atom stereocenters. The van der Waals surface area contributed by atoms with Gasteiger partial charge in [-0.2, -0.15) is 8.78 Å². The van der Waals surface area contributed by atoms with E-state index >= 15 is 0 Å². The molecule has 1 saturated heterocycles. The Balaban J connectivity index is 2.54. The van der Waals surface area contributed by atoms with E-state index < -0.39 is 36.7 Å². The number of alkyl halides is 2. The van der Waals surface area contributed by atoms with Crippen LogP contribution in [0.3, 0.4) is 0 Å². The Morgan fingerprint density at radius 1 is 1.71 bits per heavy atom. The van der Waals surface area contributed by atoms with Crippen molar-refractivity contribution >= 4 is 11.9 Å². The second kappa shape index (κ2) is 3.49. The van der Waals surface area contributed by atoms with E-state index in [1.165, 1.54) is 0 Å². The van der Waals surface area contributed by atoms with E-state index in [4.69, 9.17) is 5.11 Å². The summed E-state index contributed by atoms with van der Waals surface area (Å²) in [5.74, 6) is -6.42. The molecule has 1 rings (SSSR count). The number of hydrogen-bond donors (Lipinski definition) is 1. The molecule has 5 nitrogen and oxygen atoms in total. The van der Waals surface area contributed by atoms with Crippen molar-refractivity contribution in [2.24, 2.45) is 0 Å². The van der Waals surface area contributed by atoms with Crippen molar-refractivity contribution in [3.8, 4) is 0 Å². The molecule has 0 radical (unpaired) electrons. The number of ether oxygens (including phenoxy) is 2. The highest BCUT2D eigenvalue weighted by Gasteiger charge is 2.43. The zero-order valence-corrected chi connectivity index (χ0v) is 7.20. The van der Waals surface area contributed by atoms with Gasteiger partial charge in [0.2, 0.25) is 0 Å². The van der Waals surface area contributed by atoms with Gasteiger partial charge in [0, 0.05) is 6.92 Å². The first kappa shape index (κ1) is 10.8. The molecule has 0 aromatic carbocycles. The van der Waals surface area contributed by atoms with Crippen molar-refractivity contribution in [2.75, 3.05) is 6.61 Å². The first-order valence-electron chi connectivity index (χ1n) is 3.76. The molecule has 1 aliphatic rings. The molecule has 0 spiro atoms. The fourth-order valence-electron chi connectivity index (χ4n) is 0.832. The second-order valence-corrected chi connectivity index (χ2v) is 2.91. The molecule has 2 unspecified atom stereocenters. The second-order valence-electron chi connectivity index (χ2n) is 2.91. The third kappa shape index (κ3) is 2.16. The molecule has 0 aliphatic carbocycles. The SMILES string of the molecule is CC(F)(F)C(=O)OC1COC(=O)C1O. The van der Waals surface area contributed by atoms with Crippen LogP contribution >= 0.6 is 0 Å². The highest BCUT2D eigenvalue weighted by molar-refractivity contribution is 5.80. The molecule has 0 saturated carbocycles. The molecule has 14 heavy (non-hydrogen) atoms. The Bertz CT molecular complexity index is 259. The highest BCUT2D eigenvalue weighted by atomic mass is 19.3. The van der Waals surface area contributed by atoms with E-state index in [2.05, 4.69) is 9.47 Å². The van der Waals surface area contributed by atoms with E-state index in [0.717, 1.165) is 0 Å². The molecule has 1 heterocycles.